The van der Waals surface area contributed by atoms with Gasteiger partial charge in [0.15, 0.2) is 5.13 Å². The number of carbonyl (C=O) groups is 1. The molecule has 1 aromatic heterocycles. The number of hydrogen-bond donors (Lipinski definition) is 2. The van der Waals surface area contributed by atoms with Gasteiger partial charge in [0.05, 0.1) is 12.1 Å². The molecule has 0 unspecified atom stereocenters. The highest BCUT2D eigenvalue weighted by atomic mass is 35.5. The average Bonchev–Trinajstić information content (AvgIpc) is 3.02. The van der Waals surface area contributed by atoms with E-state index in [-0.39, 0.29) is 12.3 Å². The topological polar surface area (TPSA) is 54.0 Å². The van der Waals surface area contributed by atoms with E-state index in [1.165, 1.54) is 16.9 Å². The molecule has 0 spiro atoms. The van der Waals surface area contributed by atoms with Gasteiger partial charge in [-0.1, -0.05) is 36.7 Å². The summed E-state index contributed by atoms with van der Waals surface area (Å²) in [6, 6.07) is 15.3. The van der Waals surface area contributed by atoms with Gasteiger partial charge in [0, 0.05) is 21.8 Å². The molecule has 2 N–H and O–H groups in total. The largest absolute Gasteiger partial charge is 0.332 e. The smallest absolute Gasteiger partial charge is 0.230 e. The normalized spacial score (nSPS) is 10.5. The maximum atomic E-state index is 12.1. The SMILES string of the molecule is CCc1ccc(Nc2nc(CC(=O)Nc3cccc(Cl)c3)cs2)cc1. The van der Waals surface area contributed by atoms with Gasteiger partial charge in [-0.2, -0.15) is 0 Å². The molecule has 0 radical (unpaired) electrons. The highest BCUT2D eigenvalue weighted by Gasteiger charge is 2.09. The fourth-order valence-electron chi connectivity index (χ4n) is 2.33. The Labute approximate surface area is 155 Å². The summed E-state index contributed by atoms with van der Waals surface area (Å²) in [7, 11) is 0. The minimum absolute atomic E-state index is 0.119. The zero-order chi connectivity index (χ0) is 17.6. The lowest BCUT2D eigenvalue weighted by Crippen LogP contribution is -2.14. The quantitative estimate of drug-likeness (QED) is 0.619. The zero-order valence-corrected chi connectivity index (χ0v) is 15.3. The Hall–Kier alpha value is -2.37. The fourth-order valence-corrected chi connectivity index (χ4v) is 3.25. The predicted molar refractivity (Wildman–Crippen MR) is 105 cm³/mol. The zero-order valence-electron chi connectivity index (χ0n) is 13.8. The van der Waals surface area contributed by atoms with E-state index in [1.807, 2.05) is 17.5 Å². The first-order chi connectivity index (χ1) is 12.1. The molecular weight excluding hydrogens is 354 g/mol. The van der Waals surface area contributed by atoms with E-state index in [0.717, 1.165) is 22.9 Å². The Balaban J connectivity index is 1.58. The van der Waals surface area contributed by atoms with Crippen molar-refractivity contribution in [3.05, 3.63) is 70.2 Å². The third kappa shape index (κ3) is 5.05. The predicted octanol–water partition coefficient (Wildman–Crippen LogP) is 5.28. The molecule has 0 aliphatic rings. The number of thiazole rings is 1. The molecule has 128 valence electrons. The Morgan fingerprint density at radius 3 is 2.68 bits per heavy atom. The van der Waals surface area contributed by atoms with E-state index in [2.05, 4.69) is 34.7 Å². The van der Waals surface area contributed by atoms with E-state index >= 15 is 0 Å². The molecule has 0 saturated heterocycles. The van der Waals surface area contributed by atoms with Crippen LogP contribution in [0.4, 0.5) is 16.5 Å². The van der Waals surface area contributed by atoms with E-state index in [9.17, 15) is 4.79 Å². The van der Waals surface area contributed by atoms with Crippen LogP contribution in [0, 0.1) is 0 Å². The van der Waals surface area contributed by atoms with Gasteiger partial charge in [0.25, 0.3) is 0 Å². The number of aromatic nitrogens is 1. The van der Waals surface area contributed by atoms with Gasteiger partial charge in [0.1, 0.15) is 0 Å². The van der Waals surface area contributed by atoms with Crippen molar-refractivity contribution in [3.63, 3.8) is 0 Å². The second-order valence-electron chi connectivity index (χ2n) is 5.55. The Morgan fingerprint density at radius 2 is 1.96 bits per heavy atom. The van der Waals surface area contributed by atoms with Crippen LogP contribution in [0.1, 0.15) is 18.2 Å². The Kier molecular flexibility index (Phi) is 5.68. The van der Waals surface area contributed by atoms with Crippen molar-refractivity contribution in [2.45, 2.75) is 19.8 Å². The number of nitrogens with one attached hydrogen (secondary N) is 2. The van der Waals surface area contributed by atoms with Crippen LogP contribution in [0.5, 0.6) is 0 Å². The summed E-state index contributed by atoms with van der Waals surface area (Å²) in [6.07, 6.45) is 1.24. The third-order valence-electron chi connectivity index (χ3n) is 3.62. The first-order valence-corrected chi connectivity index (χ1v) is 9.24. The van der Waals surface area contributed by atoms with Gasteiger partial charge in [-0.25, -0.2) is 4.98 Å². The summed E-state index contributed by atoms with van der Waals surface area (Å²) in [5.74, 6) is -0.119. The van der Waals surface area contributed by atoms with E-state index in [1.54, 1.807) is 24.3 Å². The van der Waals surface area contributed by atoms with E-state index in [0.29, 0.717) is 10.7 Å². The molecule has 6 heteroatoms. The number of hydrogen-bond acceptors (Lipinski definition) is 4. The molecule has 0 saturated carbocycles. The molecule has 3 rings (SSSR count). The second kappa shape index (κ2) is 8.14. The number of carbonyl (C=O) groups excluding carboxylic acids is 1. The number of anilines is 3. The molecule has 25 heavy (non-hydrogen) atoms. The Morgan fingerprint density at radius 1 is 1.16 bits per heavy atom. The minimum Gasteiger partial charge on any atom is -0.332 e. The van der Waals surface area contributed by atoms with Crippen LogP contribution in [0.2, 0.25) is 5.02 Å². The van der Waals surface area contributed by atoms with Crippen molar-refractivity contribution in [2.24, 2.45) is 0 Å². The van der Waals surface area contributed by atoms with Gasteiger partial charge >= 0.3 is 0 Å². The molecule has 0 bridgehead atoms. The van der Waals surface area contributed by atoms with Crippen molar-refractivity contribution >= 4 is 45.4 Å². The van der Waals surface area contributed by atoms with E-state index in [4.69, 9.17) is 11.6 Å². The first kappa shape index (κ1) is 17.5. The molecule has 0 aliphatic heterocycles. The maximum absolute atomic E-state index is 12.1. The Bertz CT molecular complexity index is 861. The van der Waals surface area contributed by atoms with Crippen molar-refractivity contribution in [1.29, 1.82) is 0 Å². The van der Waals surface area contributed by atoms with Crippen molar-refractivity contribution in [2.75, 3.05) is 10.6 Å². The fraction of sp³-hybridized carbons (Fsp3) is 0.158. The molecule has 3 aromatic rings. The molecule has 4 nitrogen and oxygen atoms in total. The summed E-state index contributed by atoms with van der Waals surface area (Å²) in [5.41, 5.74) is 3.70. The second-order valence-corrected chi connectivity index (χ2v) is 6.85. The first-order valence-electron chi connectivity index (χ1n) is 7.98. The summed E-state index contributed by atoms with van der Waals surface area (Å²) < 4.78 is 0. The van der Waals surface area contributed by atoms with Gasteiger partial charge in [-0.3, -0.25) is 4.79 Å². The molecule has 0 atom stereocenters. The summed E-state index contributed by atoms with van der Waals surface area (Å²) in [4.78, 5) is 16.6. The van der Waals surface area contributed by atoms with Crippen LogP contribution in [-0.2, 0) is 17.6 Å². The van der Waals surface area contributed by atoms with Gasteiger partial charge in [-0.15, -0.1) is 11.3 Å². The highest BCUT2D eigenvalue weighted by Crippen LogP contribution is 2.22. The summed E-state index contributed by atoms with van der Waals surface area (Å²) >= 11 is 7.40. The molecular formula is C19H18ClN3OS. The van der Waals surface area contributed by atoms with Crippen LogP contribution >= 0.6 is 22.9 Å². The third-order valence-corrected chi connectivity index (χ3v) is 4.66. The van der Waals surface area contributed by atoms with Crippen molar-refractivity contribution in [1.82, 2.24) is 4.98 Å². The number of amides is 1. The number of nitrogens with zero attached hydrogens (tertiary/aromatic N) is 1. The van der Waals surface area contributed by atoms with Crippen molar-refractivity contribution < 1.29 is 4.79 Å². The van der Waals surface area contributed by atoms with Crippen LogP contribution in [0.15, 0.2) is 53.9 Å². The number of rotatable bonds is 6. The molecule has 1 heterocycles. The number of benzene rings is 2. The minimum atomic E-state index is -0.119. The van der Waals surface area contributed by atoms with Crippen LogP contribution in [0.25, 0.3) is 0 Å². The lowest BCUT2D eigenvalue weighted by molar-refractivity contribution is -0.115. The van der Waals surface area contributed by atoms with Crippen LogP contribution in [0.3, 0.4) is 0 Å². The standard InChI is InChI=1S/C19H18ClN3OS/c1-2-13-6-8-15(9-7-13)22-19-23-17(12-25-19)11-18(24)21-16-5-3-4-14(20)10-16/h3-10,12H,2,11H2,1H3,(H,21,24)(H,22,23). The molecule has 1 amide bonds. The molecule has 0 aliphatic carbocycles. The number of aryl methyl sites for hydroxylation is 1. The van der Waals surface area contributed by atoms with Crippen LogP contribution in [-0.4, -0.2) is 10.9 Å². The average molecular weight is 372 g/mol. The number of halogens is 1. The maximum Gasteiger partial charge on any atom is 0.230 e. The summed E-state index contributed by atoms with van der Waals surface area (Å²) in [6.45, 7) is 2.13. The monoisotopic (exact) mass is 371 g/mol. The van der Waals surface area contributed by atoms with Crippen molar-refractivity contribution in [3.8, 4) is 0 Å². The molecule has 0 fully saturated rings. The lowest BCUT2D eigenvalue weighted by Gasteiger charge is -2.04. The molecule has 2 aromatic carbocycles. The summed E-state index contributed by atoms with van der Waals surface area (Å²) in [5, 5.41) is 9.34. The highest BCUT2D eigenvalue weighted by molar-refractivity contribution is 7.13. The lowest BCUT2D eigenvalue weighted by atomic mass is 10.1. The van der Waals surface area contributed by atoms with E-state index < -0.39 is 0 Å². The van der Waals surface area contributed by atoms with Gasteiger partial charge < -0.3 is 10.6 Å². The van der Waals surface area contributed by atoms with Gasteiger partial charge in [0.2, 0.25) is 5.91 Å². The van der Waals surface area contributed by atoms with Crippen LogP contribution < -0.4 is 10.6 Å². The van der Waals surface area contributed by atoms with Gasteiger partial charge in [-0.05, 0) is 42.3 Å².